The van der Waals surface area contributed by atoms with Gasteiger partial charge in [-0.2, -0.15) is 0 Å². The van der Waals surface area contributed by atoms with Crippen LogP contribution in [0.2, 0.25) is 0 Å². The largest absolute Gasteiger partial charge is 0.384 e. The minimum Gasteiger partial charge on any atom is -0.384 e. The van der Waals surface area contributed by atoms with Crippen molar-refractivity contribution in [1.29, 1.82) is 0 Å². The zero-order chi connectivity index (χ0) is 14.5. The Morgan fingerprint density at radius 3 is 2.52 bits per heavy atom. The number of nitrogens with zero attached hydrogens (tertiary/aromatic N) is 2. The third-order valence-electron chi connectivity index (χ3n) is 3.15. The summed E-state index contributed by atoms with van der Waals surface area (Å²) in [6.45, 7) is 0.696. The molecule has 1 aromatic heterocycles. The minimum absolute atomic E-state index is 0.696. The highest BCUT2D eigenvalue weighted by atomic mass is 32.2. The van der Waals surface area contributed by atoms with E-state index >= 15 is 0 Å². The summed E-state index contributed by atoms with van der Waals surface area (Å²) in [6, 6.07) is 18.4. The van der Waals surface area contributed by atoms with E-state index in [4.69, 9.17) is 9.72 Å². The minimum atomic E-state index is 0.696. The molecule has 106 valence electrons. The number of thioether (sulfide) groups is 1. The second-order valence-corrected chi connectivity index (χ2v) is 5.64. The number of methoxy groups -OCH3 is 1. The zero-order valence-corrected chi connectivity index (χ0v) is 12.6. The summed E-state index contributed by atoms with van der Waals surface area (Å²) >= 11 is 1.62. The monoisotopic (exact) mass is 296 g/mol. The summed E-state index contributed by atoms with van der Waals surface area (Å²) in [5, 5.41) is 1.88. The molecule has 0 saturated carbocycles. The van der Waals surface area contributed by atoms with Gasteiger partial charge in [0.05, 0.1) is 17.8 Å². The Bertz CT molecular complexity index is 731. The van der Waals surface area contributed by atoms with Crippen molar-refractivity contribution in [3.8, 4) is 11.3 Å². The van der Waals surface area contributed by atoms with Gasteiger partial charge in [-0.1, -0.05) is 60.3 Å². The third kappa shape index (κ3) is 3.23. The number of hydrogen-bond donors (Lipinski definition) is 0. The number of benzene rings is 2. The highest BCUT2D eigenvalue weighted by Gasteiger charge is 2.09. The van der Waals surface area contributed by atoms with Crippen LogP contribution in [-0.2, 0) is 4.74 Å². The van der Waals surface area contributed by atoms with Crippen LogP contribution in [0.3, 0.4) is 0 Å². The Kier molecular flexibility index (Phi) is 4.48. The Morgan fingerprint density at radius 1 is 0.952 bits per heavy atom. The lowest BCUT2D eigenvalue weighted by Gasteiger charge is -2.08. The number of aromatic nitrogens is 2. The fourth-order valence-corrected chi connectivity index (χ4v) is 2.90. The first-order valence-corrected chi connectivity index (χ1v) is 7.81. The molecule has 0 spiro atoms. The van der Waals surface area contributed by atoms with E-state index in [2.05, 4.69) is 23.2 Å². The Hall–Kier alpha value is -1.91. The first-order chi connectivity index (χ1) is 10.4. The quantitative estimate of drug-likeness (QED) is 0.404. The van der Waals surface area contributed by atoms with Crippen LogP contribution in [-0.4, -0.2) is 29.4 Å². The topological polar surface area (TPSA) is 35.0 Å². The van der Waals surface area contributed by atoms with E-state index in [1.165, 1.54) is 0 Å². The van der Waals surface area contributed by atoms with Crippen LogP contribution in [0.5, 0.6) is 0 Å². The molecule has 3 nitrogen and oxygen atoms in total. The molecule has 0 aliphatic rings. The van der Waals surface area contributed by atoms with E-state index in [-0.39, 0.29) is 0 Å². The average molecular weight is 296 g/mol. The molecule has 0 fully saturated rings. The molecule has 3 rings (SSSR count). The van der Waals surface area contributed by atoms with E-state index in [1.54, 1.807) is 18.9 Å². The molecule has 0 aliphatic heterocycles. The molecule has 0 N–H and O–H groups in total. The molecule has 0 atom stereocenters. The van der Waals surface area contributed by atoms with Gasteiger partial charge in [0.1, 0.15) is 0 Å². The normalized spacial score (nSPS) is 10.9. The van der Waals surface area contributed by atoms with Crippen molar-refractivity contribution in [2.24, 2.45) is 0 Å². The number of fused-ring (bicyclic) bond motifs is 1. The summed E-state index contributed by atoms with van der Waals surface area (Å²) in [6.07, 6.45) is 0. The highest BCUT2D eigenvalue weighted by Crippen LogP contribution is 2.28. The Balaban J connectivity index is 2.08. The number of ether oxygens (including phenoxy) is 1. The van der Waals surface area contributed by atoms with Gasteiger partial charge in [0.25, 0.3) is 0 Å². The van der Waals surface area contributed by atoms with Gasteiger partial charge < -0.3 is 4.74 Å². The van der Waals surface area contributed by atoms with Crippen LogP contribution in [0.15, 0.2) is 59.8 Å². The smallest absolute Gasteiger partial charge is 0.188 e. The molecule has 3 aromatic rings. The molecule has 1 heterocycles. The zero-order valence-electron chi connectivity index (χ0n) is 11.8. The summed E-state index contributed by atoms with van der Waals surface area (Å²) < 4.78 is 5.09. The summed E-state index contributed by atoms with van der Waals surface area (Å²) in [5.74, 6) is 0.850. The van der Waals surface area contributed by atoms with Gasteiger partial charge in [-0.05, 0) is 6.07 Å². The lowest BCUT2D eigenvalue weighted by atomic mass is 10.1. The van der Waals surface area contributed by atoms with E-state index < -0.39 is 0 Å². The van der Waals surface area contributed by atoms with Crippen molar-refractivity contribution in [3.63, 3.8) is 0 Å². The maximum atomic E-state index is 5.09. The van der Waals surface area contributed by atoms with Crippen molar-refractivity contribution < 1.29 is 4.74 Å². The standard InChI is InChI=1S/C17H16N2OS/c1-20-11-12-21-17-18-15-10-6-5-9-14(15)16(19-17)13-7-3-2-4-8-13/h2-10H,11-12H2,1H3. The second-order valence-electron chi connectivity index (χ2n) is 4.58. The summed E-state index contributed by atoms with van der Waals surface area (Å²) in [7, 11) is 1.71. The van der Waals surface area contributed by atoms with Gasteiger partial charge in [0, 0.05) is 23.8 Å². The van der Waals surface area contributed by atoms with Gasteiger partial charge in [-0.15, -0.1) is 0 Å². The molecule has 0 aliphatic carbocycles. The molecule has 0 saturated heterocycles. The maximum Gasteiger partial charge on any atom is 0.188 e. The Morgan fingerprint density at radius 2 is 1.71 bits per heavy atom. The predicted molar refractivity (Wildman–Crippen MR) is 87.6 cm³/mol. The number of para-hydroxylation sites is 1. The maximum absolute atomic E-state index is 5.09. The predicted octanol–water partition coefficient (Wildman–Crippen LogP) is 4.04. The SMILES string of the molecule is COCCSc1nc(-c2ccccc2)c2ccccc2n1. The fourth-order valence-electron chi connectivity index (χ4n) is 2.15. The van der Waals surface area contributed by atoms with Gasteiger partial charge in [0.2, 0.25) is 0 Å². The van der Waals surface area contributed by atoms with Gasteiger partial charge in [-0.3, -0.25) is 0 Å². The highest BCUT2D eigenvalue weighted by molar-refractivity contribution is 7.99. The number of rotatable bonds is 5. The first kappa shape index (κ1) is 14.0. The lowest BCUT2D eigenvalue weighted by Crippen LogP contribution is -1.97. The van der Waals surface area contributed by atoms with E-state index in [0.717, 1.165) is 33.1 Å². The molecule has 0 radical (unpaired) electrons. The van der Waals surface area contributed by atoms with Gasteiger partial charge >= 0.3 is 0 Å². The fraction of sp³-hybridized carbons (Fsp3) is 0.176. The molecule has 0 amide bonds. The van der Waals surface area contributed by atoms with Crippen molar-refractivity contribution >= 4 is 22.7 Å². The summed E-state index contributed by atoms with van der Waals surface area (Å²) in [4.78, 5) is 9.37. The van der Waals surface area contributed by atoms with E-state index in [0.29, 0.717) is 6.61 Å². The van der Waals surface area contributed by atoms with Crippen LogP contribution in [0.1, 0.15) is 0 Å². The van der Waals surface area contributed by atoms with Crippen LogP contribution in [0.25, 0.3) is 22.2 Å². The van der Waals surface area contributed by atoms with Crippen LogP contribution < -0.4 is 0 Å². The molecule has 4 heteroatoms. The van der Waals surface area contributed by atoms with Crippen molar-refractivity contribution in [3.05, 3.63) is 54.6 Å². The molecule has 0 unspecified atom stereocenters. The molecule has 2 aromatic carbocycles. The molecule has 0 bridgehead atoms. The summed E-state index contributed by atoms with van der Waals surface area (Å²) in [5.41, 5.74) is 3.08. The molecular weight excluding hydrogens is 280 g/mol. The van der Waals surface area contributed by atoms with Gasteiger partial charge in [0.15, 0.2) is 5.16 Å². The Labute approximate surface area is 128 Å². The third-order valence-corrected chi connectivity index (χ3v) is 3.96. The first-order valence-electron chi connectivity index (χ1n) is 6.82. The van der Waals surface area contributed by atoms with Crippen molar-refractivity contribution in [1.82, 2.24) is 9.97 Å². The molecule has 21 heavy (non-hydrogen) atoms. The van der Waals surface area contributed by atoms with Crippen LogP contribution >= 0.6 is 11.8 Å². The van der Waals surface area contributed by atoms with E-state index in [1.807, 2.05) is 36.4 Å². The van der Waals surface area contributed by atoms with E-state index in [9.17, 15) is 0 Å². The average Bonchev–Trinajstić information content (AvgIpc) is 2.55. The number of hydrogen-bond acceptors (Lipinski definition) is 4. The lowest BCUT2D eigenvalue weighted by molar-refractivity contribution is 0.218. The van der Waals surface area contributed by atoms with Crippen LogP contribution in [0.4, 0.5) is 0 Å². The van der Waals surface area contributed by atoms with Crippen molar-refractivity contribution in [2.75, 3.05) is 19.5 Å². The van der Waals surface area contributed by atoms with Crippen molar-refractivity contribution in [2.45, 2.75) is 5.16 Å². The van der Waals surface area contributed by atoms with Gasteiger partial charge in [-0.25, -0.2) is 9.97 Å². The molecular formula is C17H16N2OS. The van der Waals surface area contributed by atoms with Crippen LogP contribution in [0, 0.1) is 0 Å². The second kappa shape index (κ2) is 6.70.